The van der Waals surface area contributed by atoms with Crippen LogP contribution in [0.15, 0.2) is 48.5 Å². The van der Waals surface area contributed by atoms with Crippen molar-refractivity contribution in [3.63, 3.8) is 0 Å². The van der Waals surface area contributed by atoms with Gasteiger partial charge in [0.05, 0.1) is 0 Å². The van der Waals surface area contributed by atoms with Crippen LogP contribution in [0.3, 0.4) is 0 Å². The van der Waals surface area contributed by atoms with Gasteiger partial charge in [0, 0.05) is 17.8 Å². The second-order valence-electron chi connectivity index (χ2n) is 6.52. The van der Waals surface area contributed by atoms with Crippen molar-refractivity contribution >= 4 is 22.1 Å². The topological polar surface area (TPSA) is 12.0 Å². The van der Waals surface area contributed by atoms with Gasteiger partial charge in [0.25, 0.3) is 0 Å². The lowest BCUT2D eigenvalue weighted by Crippen LogP contribution is -2.14. The number of nitrogens with one attached hydrogen (secondary N) is 1. The minimum Gasteiger partial charge on any atom is -0.355 e. The summed E-state index contributed by atoms with van der Waals surface area (Å²) in [4.78, 5) is 0. The highest BCUT2D eigenvalue weighted by Gasteiger charge is 2.24. The van der Waals surface area contributed by atoms with E-state index in [2.05, 4.69) is 53.8 Å². The minimum atomic E-state index is 1.05. The first-order valence-electron chi connectivity index (χ1n) is 8.32. The van der Waals surface area contributed by atoms with E-state index >= 15 is 0 Å². The highest BCUT2D eigenvalue weighted by Crippen LogP contribution is 2.43. The van der Waals surface area contributed by atoms with Crippen molar-refractivity contribution in [2.75, 3.05) is 5.32 Å². The van der Waals surface area contributed by atoms with Gasteiger partial charge in [-0.25, -0.2) is 0 Å². The third-order valence-electron chi connectivity index (χ3n) is 5.29. The van der Waals surface area contributed by atoms with Crippen molar-refractivity contribution in [1.82, 2.24) is 0 Å². The van der Waals surface area contributed by atoms with E-state index < -0.39 is 0 Å². The Balaban J connectivity index is 1.85. The molecule has 3 aromatic carbocycles. The Morgan fingerprint density at radius 1 is 0.682 bits per heavy atom. The lowest BCUT2D eigenvalue weighted by Gasteiger charge is -2.30. The van der Waals surface area contributed by atoms with Crippen molar-refractivity contribution in [1.29, 1.82) is 0 Å². The lowest BCUT2D eigenvalue weighted by atomic mass is 9.81. The third kappa shape index (κ3) is 1.65. The zero-order valence-corrected chi connectivity index (χ0v) is 12.7. The number of benzene rings is 3. The van der Waals surface area contributed by atoms with Crippen molar-refractivity contribution in [3.8, 4) is 0 Å². The van der Waals surface area contributed by atoms with E-state index in [1.54, 1.807) is 11.1 Å². The first-order chi connectivity index (χ1) is 10.9. The molecule has 1 aliphatic carbocycles. The molecule has 1 heteroatoms. The Labute approximate surface area is 131 Å². The normalized spacial score (nSPS) is 15.6. The van der Waals surface area contributed by atoms with Crippen molar-refractivity contribution < 1.29 is 0 Å². The fourth-order valence-electron chi connectivity index (χ4n) is 4.26. The molecule has 1 heterocycles. The van der Waals surface area contributed by atoms with Crippen molar-refractivity contribution in [2.24, 2.45) is 0 Å². The van der Waals surface area contributed by atoms with Crippen LogP contribution in [-0.4, -0.2) is 0 Å². The smallest absolute Gasteiger partial charge is 0.0462 e. The van der Waals surface area contributed by atoms with Gasteiger partial charge in [0.2, 0.25) is 0 Å². The molecule has 2 aliphatic rings. The Bertz CT molecular complexity index is 892. The highest BCUT2D eigenvalue weighted by atomic mass is 14.9. The molecule has 0 amide bonds. The summed E-state index contributed by atoms with van der Waals surface area (Å²) in [6.45, 7) is 0. The van der Waals surface area contributed by atoms with E-state index in [0.717, 1.165) is 6.42 Å². The molecule has 1 aliphatic heterocycles. The van der Waals surface area contributed by atoms with Gasteiger partial charge in [-0.2, -0.15) is 0 Å². The molecule has 5 rings (SSSR count). The molecule has 3 aromatic rings. The number of aryl methyl sites for hydroxylation is 1. The molecular weight excluding hydrogens is 266 g/mol. The standard InChI is InChI=1S/C21H19N/c1-6-12-20-14(7-1)13-19-17-10-3-2-8-15(17)16-9-4-5-11-18(16)21(19)22-20/h1-3,6-8,10,12,22H,4-5,9,11,13H2. The van der Waals surface area contributed by atoms with Crippen LogP contribution < -0.4 is 5.32 Å². The molecule has 1 nitrogen and oxygen atoms in total. The van der Waals surface area contributed by atoms with Crippen LogP contribution in [0.4, 0.5) is 11.4 Å². The summed E-state index contributed by atoms with van der Waals surface area (Å²) in [5.74, 6) is 0. The number of para-hydroxylation sites is 1. The second kappa shape index (κ2) is 4.61. The summed E-state index contributed by atoms with van der Waals surface area (Å²) in [6, 6.07) is 17.7. The molecule has 0 bridgehead atoms. The van der Waals surface area contributed by atoms with E-state index in [0.29, 0.717) is 0 Å². The zero-order valence-electron chi connectivity index (χ0n) is 12.7. The van der Waals surface area contributed by atoms with Crippen LogP contribution >= 0.6 is 0 Å². The van der Waals surface area contributed by atoms with E-state index in [1.165, 1.54) is 59.0 Å². The zero-order chi connectivity index (χ0) is 14.5. The Kier molecular flexibility index (Phi) is 2.57. The summed E-state index contributed by atoms with van der Waals surface area (Å²) >= 11 is 0. The van der Waals surface area contributed by atoms with E-state index in [1.807, 2.05) is 0 Å². The summed E-state index contributed by atoms with van der Waals surface area (Å²) in [6.07, 6.45) is 6.14. The summed E-state index contributed by atoms with van der Waals surface area (Å²) in [5, 5.41) is 6.69. The first kappa shape index (κ1) is 12.3. The molecule has 0 saturated heterocycles. The van der Waals surface area contributed by atoms with Crippen LogP contribution in [-0.2, 0) is 19.3 Å². The number of anilines is 2. The quantitative estimate of drug-likeness (QED) is 0.458. The number of hydrogen-bond acceptors (Lipinski definition) is 1. The molecular formula is C21H19N. The van der Waals surface area contributed by atoms with Gasteiger partial charge in [-0.1, -0.05) is 42.5 Å². The maximum Gasteiger partial charge on any atom is 0.0462 e. The number of hydrogen-bond donors (Lipinski definition) is 1. The predicted octanol–water partition coefficient (Wildman–Crippen LogP) is 5.37. The van der Waals surface area contributed by atoms with Gasteiger partial charge in [-0.3, -0.25) is 0 Å². The predicted molar refractivity (Wildman–Crippen MR) is 93.1 cm³/mol. The molecule has 108 valence electrons. The van der Waals surface area contributed by atoms with Crippen LogP contribution in [0.1, 0.15) is 35.1 Å². The minimum absolute atomic E-state index is 1.05. The first-order valence-corrected chi connectivity index (χ1v) is 8.32. The average Bonchev–Trinajstić information content (AvgIpc) is 2.61. The molecule has 0 unspecified atom stereocenters. The molecule has 0 radical (unpaired) electrons. The molecule has 0 saturated carbocycles. The summed E-state index contributed by atoms with van der Waals surface area (Å²) in [7, 11) is 0. The van der Waals surface area contributed by atoms with Gasteiger partial charge in [0.1, 0.15) is 0 Å². The van der Waals surface area contributed by atoms with Gasteiger partial charge < -0.3 is 5.32 Å². The number of rotatable bonds is 0. The molecule has 22 heavy (non-hydrogen) atoms. The Morgan fingerprint density at radius 3 is 2.23 bits per heavy atom. The third-order valence-corrected chi connectivity index (χ3v) is 5.29. The van der Waals surface area contributed by atoms with Gasteiger partial charge in [-0.15, -0.1) is 0 Å². The molecule has 0 fully saturated rings. The molecule has 1 N–H and O–H groups in total. The number of fused-ring (bicyclic) bond motifs is 7. The average molecular weight is 285 g/mol. The van der Waals surface area contributed by atoms with Gasteiger partial charge in [0.15, 0.2) is 0 Å². The van der Waals surface area contributed by atoms with E-state index in [-0.39, 0.29) is 0 Å². The largest absolute Gasteiger partial charge is 0.355 e. The lowest BCUT2D eigenvalue weighted by molar-refractivity contribution is 0.690. The van der Waals surface area contributed by atoms with Crippen LogP contribution in [0.25, 0.3) is 10.8 Å². The van der Waals surface area contributed by atoms with Crippen LogP contribution in [0.2, 0.25) is 0 Å². The summed E-state index contributed by atoms with van der Waals surface area (Å²) < 4.78 is 0. The summed E-state index contributed by atoms with van der Waals surface area (Å²) in [5.41, 5.74) is 8.78. The Morgan fingerprint density at radius 2 is 1.36 bits per heavy atom. The van der Waals surface area contributed by atoms with Gasteiger partial charge in [-0.05, 0) is 64.8 Å². The van der Waals surface area contributed by atoms with Crippen molar-refractivity contribution in [3.05, 3.63) is 70.8 Å². The fourth-order valence-corrected chi connectivity index (χ4v) is 4.26. The van der Waals surface area contributed by atoms with Crippen LogP contribution in [0.5, 0.6) is 0 Å². The molecule has 0 spiro atoms. The SMILES string of the molecule is c1ccc2c(c1)Cc1c(c3c(c4ccccc14)CCCC3)N2. The monoisotopic (exact) mass is 285 g/mol. The van der Waals surface area contributed by atoms with Gasteiger partial charge >= 0.3 is 0 Å². The Hall–Kier alpha value is -2.28. The van der Waals surface area contributed by atoms with E-state index in [4.69, 9.17) is 0 Å². The molecule has 0 atom stereocenters. The maximum atomic E-state index is 3.76. The highest BCUT2D eigenvalue weighted by molar-refractivity contribution is 5.97. The van der Waals surface area contributed by atoms with Crippen LogP contribution in [0, 0.1) is 0 Å². The van der Waals surface area contributed by atoms with E-state index in [9.17, 15) is 0 Å². The molecule has 0 aromatic heterocycles. The fraction of sp³-hybridized carbons (Fsp3) is 0.238. The maximum absolute atomic E-state index is 3.76. The van der Waals surface area contributed by atoms with Crippen molar-refractivity contribution in [2.45, 2.75) is 32.1 Å². The second-order valence-corrected chi connectivity index (χ2v) is 6.52.